The highest BCUT2D eigenvalue weighted by molar-refractivity contribution is 6.24. The Morgan fingerprint density at radius 1 is 1.03 bits per heavy atom. The van der Waals surface area contributed by atoms with E-state index in [0.29, 0.717) is 0 Å². The highest BCUT2D eigenvalue weighted by atomic mass is 19.1. The van der Waals surface area contributed by atoms with E-state index in [-0.39, 0.29) is 17.0 Å². The Labute approximate surface area is 187 Å². The summed E-state index contributed by atoms with van der Waals surface area (Å²) in [7, 11) is 0. The number of hydrogen-bond acceptors (Lipinski definition) is 7. The number of hydrazone groups is 1. The largest absolute Gasteiger partial charge is 0.427 e. The molecular formula is C24H18FN3O5. The van der Waals surface area contributed by atoms with Crippen molar-refractivity contribution in [3.05, 3.63) is 72.1 Å². The van der Waals surface area contributed by atoms with Crippen LogP contribution < -0.4 is 9.64 Å². The maximum Gasteiger partial charge on any atom is 0.308 e. The first kappa shape index (κ1) is 20.7. The highest BCUT2D eigenvalue weighted by Crippen LogP contribution is 2.46. The highest BCUT2D eigenvalue weighted by Gasteiger charge is 2.64. The first-order valence-electron chi connectivity index (χ1n) is 10.3. The van der Waals surface area contributed by atoms with Gasteiger partial charge in [-0.05, 0) is 48.5 Å². The molecule has 0 bridgehead atoms. The summed E-state index contributed by atoms with van der Waals surface area (Å²) < 4.78 is 18.8. The Hall–Kier alpha value is -4.14. The van der Waals surface area contributed by atoms with Crippen LogP contribution in [0.3, 0.4) is 0 Å². The Morgan fingerprint density at radius 2 is 1.76 bits per heavy atom. The lowest BCUT2D eigenvalue weighted by Gasteiger charge is -2.30. The van der Waals surface area contributed by atoms with Gasteiger partial charge in [-0.1, -0.05) is 12.1 Å². The van der Waals surface area contributed by atoms with E-state index in [4.69, 9.17) is 4.74 Å². The zero-order valence-electron chi connectivity index (χ0n) is 17.4. The number of amides is 2. The van der Waals surface area contributed by atoms with Crippen molar-refractivity contribution in [3.8, 4) is 5.75 Å². The van der Waals surface area contributed by atoms with Crippen molar-refractivity contribution in [2.75, 3.05) is 4.90 Å². The molecule has 2 saturated heterocycles. The minimum absolute atomic E-state index is 0.131. The molecule has 5 rings (SSSR count). The quantitative estimate of drug-likeness (QED) is 0.309. The van der Waals surface area contributed by atoms with E-state index < -0.39 is 53.3 Å². The lowest BCUT2D eigenvalue weighted by atomic mass is 9.86. The van der Waals surface area contributed by atoms with Gasteiger partial charge in [0.1, 0.15) is 17.6 Å². The number of imide groups is 1. The lowest BCUT2D eigenvalue weighted by Crippen LogP contribution is -2.46. The molecule has 2 aromatic rings. The zero-order chi connectivity index (χ0) is 23.3. The van der Waals surface area contributed by atoms with Crippen LogP contribution in [0.15, 0.2) is 65.8 Å². The van der Waals surface area contributed by atoms with Crippen LogP contribution in [-0.4, -0.2) is 46.9 Å². The Balaban J connectivity index is 1.52. The van der Waals surface area contributed by atoms with Crippen LogP contribution >= 0.6 is 0 Å². The summed E-state index contributed by atoms with van der Waals surface area (Å²) >= 11 is 0. The predicted octanol–water partition coefficient (Wildman–Crippen LogP) is 2.35. The van der Waals surface area contributed by atoms with Gasteiger partial charge in [0.2, 0.25) is 11.8 Å². The fourth-order valence-electron chi connectivity index (χ4n) is 4.73. The molecule has 2 fully saturated rings. The van der Waals surface area contributed by atoms with Crippen molar-refractivity contribution in [2.24, 2.45) is 16.9 Å². The molecule has 4 atom stereocenters. The van der Waals surface area contributed by atoms with Gasteiger partial charge in [-0.3, -0.25) is 24.2 Å². The standard InChI is InChI=1S/C24H18FN3O5/c1-13(29)33-17-9-7-14(8-10-17)22(30)21-20-19(18-6-3-11-26-28(18)21)23(31)27(24(20)32)16-5-2-4-15(25)12-16/h2-12,18-21H,1H3/t18-,19-,20-,21-/m1/s1. The summed E-state index contributed by atoms with van der Waals surface area (Å²) in [5.74, 6) is -4.04. The van der Waals surface area contributed by atoms with Gasteiger partial charge in [0.05, 0.1) is 23.6 Å². The van der Waals surface area contributed by atoms with Gasteiger partial charge in [-0.2, -0.15) is 5.10 Å². The number of ether oxygens (including phenoxy) is 1. The van der Waals surface area contributed by atoms with Gasteiger partial charge in [0.25, 0.3) is 0 Å². The first-order valence-corrected chi connectivity index (χ1v) is 10.3. The number of allylic oxidation sites excluding steroid dienone is 1. The van der Waals surface area contributed by atoms with E-state index in [1.807, 2.05) is 0 Å². The van der Waals surface area contributed by atoms with Gasteiger partial charge in [0.15, 0.2) is 5.78 Å². The summed E-state index contributed by atoms with van der Waals surface area (Å²) in [5, 5.41) is 5.78. The molecule has 0 unspecified atom stereocenters. The zero-order valence-corrected chi connectivity index (χ0v) is 17.4. The number of anilines is 1. The average molecular weight is 447 g/mol. The number of rotatable bonds is 4. The van der Waals surface area contributed by atoms with E-state index >= 15 is 0 Å². The first-order chi connectivity index (χ1) is 15.9. The molecule has 2 aromatic carbocycles. The minimum atomic E-state index is -1.02. The molecule has 0 aliphatic carbocycles. The van der Waals surface area contributed by atoms with Crippen molar-refractivity contribution >= 4 is 35.5 Å². The monoisotopic (exact) mass is 447 g/mol. The number of esters is 1. The topological polar surface area (TPSA) is 96.3 Å². The van der Waals surface area contributed by atoms with Crippen molar-refractivity contribution in [1.29, 1.82) is 0 Å². The number of nitrogens with zero attached hydrogens (tertiary/aromatic N) is 3. The van der Waals surface area contributed by atoms with Crippen LogP contribution in [0, 0.1) is 17.7 Å². The SMILES string of the molecule is CC(=O)Oc1ccc(C(=O)[C@H]2[C@@H]3C(=O)N(c4cccc(F)c4)C(=O)[C@@H]3[C@H]3C=CC=NN32)cc1. The van der Waals surface area contributed by atoms with Crippen LogP contribution in [0.4, 0.5) is 10.1 Å². The molecule has 166 valence electrons. The van der Waals surface area contributed by atoms with Gasteiger partial charge < -0.3 is 4.74 Å². The molecule has 3 aliphatic heterocycles. The molecule has 0 aromatic heterocycles. The van der Waals surface area contributed by atoms with Gasteiger partial charge in [-0.25, -0.2) is 9.29 Å². The van der Waals surface area contributed by atoms with E-state index in [1.165, 1.54) is 60.6 Å². The third-order valence-corrected chi connectivity index (χ3v) is 6.03. The maximum absolute atomic E-state index is 13.8. The third-order valence-electron chi connectivity index (χ3n) is 6.03. The maximum atomic E-state index is 13.8. The normalized spacial score (nSPS) is 25.3. The number of carbonyl (C=O) groups excluding carboxylic acids is 4. The number of benzene rings is 2. The van der Waals surface area contributed by atoms with Gasteiger partial charge >= 0.3 is 5.97 Å². The Morgan fingerprint density at radius 3 is 2.45 bits per heavy atom. The summed E-state index contributed by atoms with van der Waals surface area (Å²) in [6.07, 6.45) is 4.91. The molecule has 0 saturated carbocycles. The fourth-order valence-corrected chi connectivity index (χ4v) is 4.73. The molecule has 9 heteroatoms. The molecular weight excluding hydrogens is 429 g/mol. The summed E-state index contributed by atoms with van der Waals surface area (Å²) in [6, 6.07) is 9.61. The van der Waals surface area contributed by atoms with Gasteiger partial charge in [0, 0.05) is 18.7 Å². The molecule has 3 heterocycles. The number of halogens is 1. The van der Waals surface area contributed by atoms with E-state index in [1.54, 1.807) is 12.2 Å². The van der Waals surface area contributed by atoms with Crippen LogP contribution in [0.25, 0.3) is 0 Å². The molecule has 8 nitrogen and oxygen atoms in total. The van der Waals surface area contributed by atoms with E-state index in [2.05, 4.69) is 5.10 Å². The number of ketones is 1. The van der Waals surface area contributed by atoms with Crippen molar-refractivity contribution < 1.29 is 28.3 Å². The number of Topliss-reactive ketones (excluding diaryl/α,β-unsaturated/α-hetero) is 1. The molecule has 0 N–H and O–H groups in total. The third kappa shape index (κ3) is 3.32. The van der Waals surface area contributed by atoms with E-state index in [0.717, 1.165) is 11.0 Å². The summed E-state index contributed by atoms with van der Waals surface area (Å²) in [6.45, 7) is 1.27. The van der Waals surface area contributed by atoms with Crippen molar-refractivity contribution in [2.45, 2.75) is 19.0 Å². The second kappa shape index (κ2) is 7.77. The smallest absolute Gasteiger partial charge is 0.308 e. The molecule has 0 spiro atoms. The van der Waals surface area contributed by atoms with Gasteiger partial charge in [-0.15, -0.1) is 0 Å². The van der Waals surface area contributed by atoms with Crippen LogP contribution in [-0.2, 0) is 14.4 Å². The molecule has 2 amide bonds. The number of carbonyl (C=O) groups is 4. The van der Waals surface area contributed by atoms with Crippen LogP contribution in [0.5, 0.6) is 5.75 Å². The minimum Gasteiger partial charge on any atom is -0.427 e. The van der Waals surface area contributed by atoms with E-state index in [9.17, 15) is 23.6 Å². The van der Waals surface area contributed by atoms with Crippen molar-refractivity contribution in [3.63, 3.8) is 0 Å². The lowest BCUT2D eigenvalue weighted by molar-refractivity contribution is -0.132. The Kier molecular flexibility index (Phi) is 4.88. The number of hydrogen-bond donors (Lipinski definition) is 0. The Bertz CT molecular complexity index is 1240. The molecule has 0 radical (unpaired) electrons. The second-order valence-electron chi connectivity index (χ2n) is 7.99. The predicted molar refractivity (Wildman–Crippen MR) is 115 cm³/mol. The van der Waals surface area contributed by atoms with Crippen molar-refractivity contribution in [1.82, 2.24) is 5.01 Å². The number of fused-ring (bicyclic) bond motifs is 3. The summed E-state index contributed by atoms with van der Waals surface area (Å²) in [5.41, 5.74) is 0.413. The molecule has 3 aliphatic rings. The summed E-state index contributed by atoms with van der Waals surface area (Å²) in [4.78, 5) is 52.4. The van der Waals surface area contributed by atoms with Crippen LogP contribution in [0.1, 0.15) is 17.3 Å². The average Bonchev–Trinajstić information content (AvgIpc) is 3.26. The van der Waals surface area contributed by atoms with Crippen LogP contribution in [0.2, 0.25) is 0 Å². The second-order valence-corrected chi connectivity index (χ2v) is 7.99. The fraction of sp³-hybridized carbons (Fsp3) is 0.208. The molecule has 33 heavy (non-hydrogen) atoms.